The minimum atomic E-state index is 0.726. The van der Waals surface area contributed by atoms with Crippen molar-refractivity contribution in [2.24, 2.45) is 0 Å². The fourth-order valence-electron chi connectivity index (χ4n) is 2.81. The summed E-state index contributed by atoms with van der Waals surface area (Å²) in [4.78, 5) is 8.61. The molecule has 0 amide bonds. The van der Waals surface area contributed by atoms with E-state index >= 15 is 0 Å². The van der Waals surface area contributed by atoms with E-state index in [4.69, 9.17) is 0 Å². The third-order valence-corrected chi connectivity index (χ3v) is 5.10. The second-order valence-corrected chi connectivity index (χ2v) is 7.10. The van der Waals surface area contributed by atoms with Crippen LogP contribution in [0.5, 0.6) is 0 Å². The number of nitrogens with zero attached hydrogens (tertiary/aromatic N) is 5. The average Bonchev–Trinajstić information content (AvgIpc) is 3.13. The SMILES string of the molecule is c1ccc(Cn2c(SCCc3ccccn3)nnc2-c2cccnc2)cc1. The van der Waals surface area contributed by atoms with Crippen LogP contribution in [-0.2, 0) is 13.0 Å². The monoisotopic (exact) mass is 373 g/mol. The number of pyridine rings is 2. The number of thioether (sulfide) groups is 1. The van der Waals surface area contributed by atoms with Crippen molar-refractivity contribution in [2.75, 3.05) is 5.75 Å². The van der Waals surface area contributed by atoms with Crippen molar-refractivity contribution in [1.29, 1.82) is 0 Å². The molecule has 0 N–H and O–H groups in total. The molecule has 3 heterocycles. The van der Waals surface area contributed by atoms with Crippen molar-refractivity contribution < 1.29 is 0 Å². The Morgan fingerprint density at radius 2 is 1.74 bits per heavy atom. The topological polar surface area (TPSA) is 56.5 Å². The summed E-state index contributed by atoms with van der Waals surface area (Å²) < 4.78 is 2.16. The van der Waals surface area contributed by atoms with Crippen molar-refractivity contribution >= 4 is 11.8 Å². The van der Waals surface area contributed by atoms with Crippen molar-refractivity contribution in [2.45, 2.75) is 18.1 Å². The molecule has 0 atom stereocenters. The minimum absolute atomic E-state index is 0.726. The minimum Gasteiger partial charge on any atom is -0.298 e. The first kappa shape index (κ1) is 17.4. The van der Waals surface area contributed by atoms with Gasteiger partial charge in [-0.3, -0.25) is 14.5 Å². The average molecular weight is 373 g/mol. The highest BCUT2D eigenvalue weighted by molar-refractivity contribution is 7.99. The Balaban J connectivity index is 1.57. The molecule has 0 aliphatic heterocycles. The van der Waals surface area contributed by atoms with Crippen molar-refractivity contribution in [3.05, 3.63) is 90.5 Å². The molecule has 6 heteroatoms. The molecule has 134 valence electrons. The third kappa shape index (κ3) is 4.41. The molecule has 1 aromatic carbocycles. The standard InChI is InChI=1S/C21H19N5S/c1-2-7-17(8-3-1)16-26-20(18-9-6-12-22-15-18)24-25-21(26)27-14-11-19-10-4-5-13-23-19/h1-10,12-13,15H,11,14,16H2. The van der Waals surface area contributed by atoms with Crippen molar-refractivity contribution in [1.82, 2.24) is 24.7 Å². The molecule has 0 bridgehead atoms. The molecule has 4 aromatic rings. The molecule has 27 heavy (non-hydrogen) atoms. The summed E-state index contributed by atoms with van der Waals surface area (Å²) >= 11 is 1.71. The lowest BCUT2D eigenvalue weighted by Crippen LogP contribution is -2.05. The second kappa shape index (κ2) is 8.60. The Morgan fingerprint density at radius 3 is 2.52 bits per heavy atom. The smallest absolute Gasteiger partial charge is 0.191 e. The Hall–Kier alpha value is -2.99. The fourth-order valence-corrected chi connectivity index (χ4v) is 3.70. The van der Waals surface area contributed by atoms with Crippen LogP contribution in [0.25, 0.3) is 11.4 Å². The summed E-state index contributed by atoms with van der Waals surface area (Å²) in [6.45, 7) is 0.726. The van der Waals surface area contributed by atoms with Gasteiger partial charge in [-0.2, -0.15) is 0 Å². The van der Waals surface area contributed by atoms with Gasteiger partial charge >= 0.3 is 0 Å². The quantitative estimate of drug-likeness (QED) is 0.456. The number of hydrogen-bond acceptors (Lipinski definition) is 5. The lowest BCUT2D eigenvalue weighted by atomic mass is 10.2. The van der Waals surface area contributed by atoms with Gasteiger partial charge in [0, 0.05) is 35.6 Å². The molecule has 3 aromatic heterocycles. The van der Waals surface area contributed by atoms with E-state index in [2.05, 4.69) is 55.1 Å². The Morgan fingerprint density at radius 1 is 0.852 bits per heavy atom. The van der Waals surface area contributed by atoms with Gasteiger partial charge in [0.2, 0.25) is 0 Å². The number of benzene rings is 1. The molecule has 5 nitrogen and oxygen atoms in total. The largest absolute Gasteiger partial charge is 0.298 e. The van der Waals surface area contributed by atoms with Gasteiger partial charge in [-0.25, -0.2) is 0 Å². The zero-order valence-corrected chi connectivity index (χ0v) is 15.6. The van der Waals surface area contributed by atoms with Gasteiger partial charge in [0.1, 0.15) is 0 Å². The van der Waals surface area contributed by atoms with Crippen LogP contribution in [0.1, 0.15) is 11.3 Å². The molecule has 0 aliphatic carbocycles. The van der Waals surface area contributed by atoms with Gasteiger partial charge in [0.25, 0.3) is 0 Å². The summed E-state index contributed by atoms with van der Waals surface area (Å²) in [5.41, 5.74) is 3.28. The molecule has 0 aliphatic rings. The number of rotatable bonds is 7. The maximum absolute atomic E-state index is 4.45. The molecule has 0 saturated heterocycles. The van der Waals surface area contributed by atoms with Crippen LogP contribution < -0.4 is 0 Å². The van der Waals surface area contributed by atoms with E-state index in [1.807, 2.05) is 42.7 Å². The summed E-state index contributed by atoms with van der Waals surface area (Å²) in [5, 5.41) is 9.80. The van der Waals surface area contributed by atoms with Crippen LogP contribution >= 0.6 is 11.8 Å². The molecule has 0 fully saturated rings. The number of aromatic nitrogens is 5. The first-order valence-electron chi connectivity index (χ1n) is 8.80. The zero-order valence-electron chi connectivity index (χ0n) is 14.8. The van der Waals surface area contributed by atoms with Gasteiger partial charge < -0.3 is 0 Å². The van der Waals surface area contributed by atoms with Gasteiger partial charge in [-0.05, 0) is 36.2 Å². The second-order valence-electron chi connectivity index (χ2n) is 6.04. The predicted octanol–water partition coefficient (Wildman–Crippen LogP) is 4.12. The third-order valence-electron chi connectivity index (χ3n) is 4.14. The lowest BCUT2D eigenvalue weighted by Gasteiger charge is -2.10. The normalized spacial score (nSPS) is 10.8. The Bertz CT molecular complexity index is 971. The maximum atomic E-state index is 4.45. The van der Waals surface area contributed by atoms with E-state index in [1.165, 1.54) is 5.56 Å². The fraction of sp³-hybridized carbons (Fsp3) is 0.143. The first-order chi connectivity index (χ1) is 13.4. The van der Waals surface area contributed by atoms with Crippen LogP contribution in [0.4, 0.5) is 0 Å². The lowest BCUT2D eigenvalue weighted by molar-refractivity contribution is 0.714. The predicted molar refractivity (Wildman–Crippen MR) is 107 cm³/mol. The maximum Gasteiger partial charge on any atom is 0.191 e. The zero-order chi connectivity index (χ0) is 18.3. The Kier molecular flexibility index (Phi) is 5.55. The summed E-state index contributed by atoms with van der Waals surface area (Å²) in [6, 6.07) is 20.3. The van der Waals surface area contributed by atoms with Crippen molar-refractivity contribution in [3.8, 4) is 11.4 Å². The molecule has 0 spiro atoms. The number of aryl methyl sites for hydroxylation is 1. The van der Waals surface area contributed by atoms with Gasteiger partial charge in [-0.1, -0.05) is 48.2 Å². The first-order valence-corrected chi connectivity index (χ1v) is 9.79. The van der Waals surface area contributed by atoms with E-state index in [0.29, 0.717) is 0 Å². The molecular weight excluding hydrogens is 354 g/mol. The highest BCUT2D eigenvalue weighted by Crippen LogP contribution is 2.25. The summed E-state index contributed by atoms with van der Waals surface area (Å²) in [6.07, 6.45) is 6.32. The number of hydrogen-bond donors (Lipinski definition) is 0. The highest BCUT2D eigenvalue weighted by Gasteiger charge is 2.15. The Labute approximate surface area is 162 Å². The van der Waals surface area contributed by atoms with Crippen LogP contribution in [0.3, 0.4) is 0 Å². The van der Waals surface area contributed by atoms with Crippen LogP contribution in [0.2, 0.25) is 0 Å². The van der Waals surface area contributed by atoms with E-state index in [9.17, 15) is 0 Å². The molecular formula is C21H19N5S. The summed E-state index contributed by atoms with van der Waals surface area (Å²) in [5.74, 6) is 1.74. The van der Waals surface area contributed by atoms with Crippen LogP contribution in [0, 0.1) is 0 Å². The van der Waals surface area contributed by atoms with E-state index in [-0.39, 0.29) is 0 Å². The van der Waals surface area contributed by atoms with Gasteiger partial charge in [-0.15, -0.1) is 10.2 Å². The van der Waals surface area contributed by atoms with E-state index in [1.54, 1.807) is 18.0 Å². The molecule has 0 saturated carbocycles. The molecule has 0 radical (unpaired) electrons. The van der Waals surface area contributed by atoms with Crippen LogP contribution in [-0.4, -0.2) is 30.5 Å². The molecule has 0 unspecified atom stereocenters. The van der Waals surface area contributed by atoms with Crippen molar-refractivity contribution in [3.63, 3.8) is 0 Å². The van der Waals surface area contributed by atoms with Gasteiger partial charge in [0.05, 0.1) is 6.54 Å². The van der Waals surface area contributed by atoms with E-state index in [0.717, 1.165) is 41.0 Å². The highest BCUT2D eigenvalue weighted by atomic mass is 32.2. The molecule has 4 rings (SSSR count). The van der Waals surface area contributed by atoms with Crippen LogP contribution in [0.15, 0.2) is 84.4 Å². The summed E-state index contributed by atoms with van der Waals surface area (Å²) in [7, 11) is 0. The van der Waals surface area contributed by atoms with E-state index < -0.39 is 0 Å². The van der Waals surface area contributed by atoms with Gasteiger partial charge in [0.15, 0.2) is 11.0 Å².